The maximum Gasteiger partial charge on any atom is 0.573 e. The topological polar surface area (TPSA) is 109 Å². The molecule has 0 atom stereocenters. The van der Waals surface area contributed by atoms with Gasteiger partial charge in [-0.25, -0.2) is 9.78 Å². The van der Waals surface area contributed by atoms with Gasteiger partial charge in [-0.3, -0.25) is 0 Å². The van der Waals surface area contributed by atoms with Gasteiger partial charge in [0.25, 0.3) is 0 Å². The number of ether oxygens (including phenoxy) is 1. The highest BCUT2D eigenvalue weighted by molar-refractivity contribution is 5.93. The number of hydrogen-bond acceptors (Lipinski definition) is 5. The molecule has 0 aliphatic rings. The molecule has 1 aromatic heterocycles. The van der Waals surface area contributed by atoms with Crippen molar-refractivity contribution in [2.24, 2.45) is 0 Å². The Kier molecular flexibility index (Phi) is 3.08. The number of aromatic carboxylic acids is 1. The molecule has 0 aliphatic carbocycles. The lowest BCUT2D eigenvalue weighted by Crippen LogP contribution is -2.20. The van der Waals surface area contributed by atoms with E-state index in [2.05, 4.69) is 9.72 Å². The Morgan fingerprint density at radius 2 is 2.18 bits per heavy atom. The molecule has 0 saturated carbocycles. The van der Waals surface area contributed by atoms with Crippen LogP contribution in [0.3, 0.4) is 0 Å². The Hall–Kier alpha value is -2.50. The average Bonchev–Trinajstić information content (AvgIpc) is 2.12. The van der Waals surface area contributed by atoms with E-state index in [1.165, 1.54) is 6.07 Å². The fourth-order valence-corrected chi connectivity index (χ4v) is 1.03. The highest BCUT2D eigenvalue weighted by atomic mass is 19.4. The van der Waals surface area contributed by atoms with E-state index < -0.39 is 35.2 Å². The standard InChI is InChI=1S/C8H4F3N3O3/c9-8(10,11)17-4-1-5(13)14-3(2-12)6(4)7(15)16/h1H,(H2,13,14)(H,15,16). The average molecular weight is 247 g/mol. The summed E-state index contributed by atoms with van der Waals surface area (Å²) < 4.78 is 39.4. The van der Waals surface area contributed by atoms with E-state index in [0.29, 0.717) is 6.07 Å². The summed E-state index contributed by atoms with van der Waals surface area (Å²) in [6.45, 7) is 0. The fourth-order valence-electron chi connectivity index (χ4n) is 1.03. The third kappa shape index (κ3) is 2.97. The van der Waals surface area contributed by atoms with Gasteiger partial charge in [-0.15, -0.1) is 13.2 Å². The molecule has 0 fully saturated rings. The smallest absolute Gasteiger partial charge is 0.477 e. The lowest BCUT2D eigenvalue weighted by molar-refractivity contribution is -0.274. The van der Waals surface area contributed by atoms with Crippen LogP contribution in [0.4, 0.5) is 19.0 Å². The second-order valence-corrected chi connectivity index (χ2v) is 2.73. The van der Waals surface area contributed by atoms with Crippen LogP contribution in [-0.2, 0) is 0 Å². The van der Waals surface area contributed by atoms with Crippen LogP contribution in [0.2, 0.25) is 0 Å². The van der Waals surface area contributed by atoms with E-state index in [4.69, 9.17) is 16.1 Å². The number of rotatable bonds is 2. The third-order valence-electron chi connectivity index (χ3n) is 1.55. The number of pyridine rings is 1. The molecule has 6 nitrogen and oxygen atoms in total. The van der Waals surface area contributed by atoms with Crippen molar-refractivity contribution in [3.05, 3.63) is 17.3 Å². The van der Waals surface area contributed by atoms with Gasteiger partial charge in [-0.05, 0) is 0 Å². The molecule has 1 heterocycles. The van der Waals surface area contributed by atoms with Crippen LogP contribution in [-0.4, -0.2) is 22.4 Å². The largest absolute Gasteiger partial charge is 0.573 e. The molecule has 3 N–H and O–H groups in total. The van der Waals surface area contributed by atoms with E-state index in [0.717, 1.165) is 0 Å². The first-order chi connectivity index (χ1) is 7.74. The zero-order valence-electron chi connectivity index (χ0n) is 7.95. The van der Waals surface area contributed by atoms with Crippen molar-refractivity contribution in [3.63, 3.8) is 0 Å². The SMILES string of the molecule is N#Cc1nc(N)cc(OC(F)(F)F)c1C(=O)O. The summed E-state index contributed by atoms with van der Waals surface area (Å²) in [6, 6.07) is 1.91. The number of nitriles is 1. The van der Waals surface area contributed by atoms with Crippen molar-refractivity contribution in [2.45, 2.75) is 6.36 Å². The van der Waals surface area contributed by atoms with Crippen LogP contribution in [0.15, 0.2) is 6.07 Å². The predicted molar refractivity (Wildman–Crippen MR) is 47.0 cm³/mol. The molecule has 9 heteroatoms. The zero-order valence-corrected chi connectivity index (χ0v) is 7.95. The lowest BCUT2D eigenvalue weighted by Gasteiger charge is -2.12. The summed E-state index contributed by atoms with van der Waals surface area (Å²) in [4.78, 5) is 14.0. The van der Waals surface area contributed by atoms with Crippen molar-refractivity contribution in [1.29, 1.82) is 5.26 Å². The van der Waals surface area contributed by atoms with Crippen molar-refractivity contribution >= 4 is 11.8 Å². The summed E-state index contributed by atoms with van der Waals surface area (Å²) in [7, 11) is 0. The van der Waals surface area contributed by atoms with Gasteiger partial charge >= 0.3 is 12.3 Å². The Morgan fingerprint density at radius 3 is 2.59 bits per heavy atom. The maximum atomic E-state index is 12.0. The van der Waals surface area contributed by atoms with Gasteiger partial charge in [0, 0.05) is 6.07 Å². The van der Waals surface area contributed by atoms with Crippen LogP contribution in [0.25, 0.3) is 0 Å². The summed E-state index contributed by atoms with van der Waals surface area (Å²) in [5, 5.41) is 17.2. The first kappa shape index (κ1) is 12.6. The van der Waals surface area contributed by atoms with Crippen molar-refractivity contribution in [3.8, 4) is 11.8 Å². The number of carboxylic acids is 1. The molecule has 0 bridgehead atoms. The minimum atomic E-state index is -5.09. The lowest BCUT2D eigenvalue weighted by atomic mass is 10.2. The molecule has 0 amide bonds. The van der Waals surface area contributed by atoms with Gasteiger partial charge in [0.2, 0.25) is 0 Å². The highest BCUT2D eigenvalue weighted by Gasteiger charge is 2.34. The second kappa shape index (κ2) is 4.17. The van der Waals surface area contributed by atoms with Crippen molar-refractivity contribution in [1.82, 2.24) is 4.98 Å². The zero-order chi connectivity index (χ0) is 13.2. The Balaban J connectivity index is 3.42. The predicted octanol–water partition coefficient (Wildman–Crippen LogP) is 1.13. The van der Waals surface area contributed by atoms with Crippen LogP contribution in [0.1, 0.15) is 16.1 Å². The van der Waals surface area contributed by atoms with Crippen LogP contribution in [0, 0.1) is 11.3 Å². The van der Waals surface area contributed by atoms with Gasteiger partial charge in [-0.1, -0.05) is 0 Å². The molecule has 0 spiro atoms. The minimum Gasteiger partial charge on any atom is -0.477 e. The van der Waals surface area contributed by atoms with Gasteiger partial charge in [0.05, 0.1) is 0 Å². The van der Waals surface area contributed by atoms with Gasteiger partial charge in [0.15, 0.2) is 11.4 Å². The molecule has 1 rings (SSSR count). The molecule has 1 aromatic rings. The molecule has 0 aliphatic heterocycles. The number of hydrogen-bond donors (Lipinski definition) is 2. The number of anilines is 1. The van der Waals surface area contributed by atoms with E-state index in [1.807, 2.05) is 0 Å². The number of aromatic nitrogens is 1. The monoisotopic (exact) mass is 247 g/mol. The van der Waals surface area contributed by atoms with Crippen LogP contribution < -0.4 is 10.5 Å². The van der Waals surface area contributed by atoms with E-state index in [1.54, 1.807) is 0 Å². The van der Waals surface area contributed by atoms with Crippen molar-refractivity contribution in [2.75, 3.05) is 5.73 Å². The Labute approximate surface area is 92.0 Å². The highest BCUT2D eigenvalue weighted by Crippen LogP contribution is 2.29. The van der Waals surface area contributed by atoms with E-state index in [9.17, 15) is 18.0 Å². The number of nitrogens with zero attached hydrogens (tertiary/aromatic N) is 2. The summed E-state index contributed by atoms with van der Waals surface area (Å²) in [6.07, 6.45) is -5.09. The number of alkyl halides is 3. The number of carboxylic acid groups (broad SMARTS) is 1. The molecule has 0 radical (unpaired) electrons. The molecule has 90 valence electrons. The first-order valence-electron chi connectivity index (χ1n) is 3.94. The maximum absolute atomic E-state index is 12.0. The van der Waals surface area contributed by atoms with Gasteiger partial charge in [-0.2, -0.15) is 5.26 Å². The van der Waals surface area contributed by atoms with Crippen molar-refractivity contribution < 1.29 is 27.8 Å². The van der Waals surface area contributed by atoms with Gasteiger partial charge < -0.3 is 15.6 Å². The first-order valence-corrected chi connectivity index (χ1v) is 3.94. The molecule has 0 saturated heterocycles. The summed E-state index contributed by atoms with van der Waals surface area (Å²) in [5.74, 6) is -3.30. The molecule has 17 heavy (non-hydrogen) atoms. The summed E-state index contributed by atoms with van der Waals surface area (Å²) >= 11 is 0. The van der Waals surface area contributed by atoms with E-state index in [-0.39, 0.29) is 0 Å². The number of carbonyl (C=O) groups is 1. The number of nitrogens with two attached hydrogens (primary N) is 1. The molecular weight excluding hydrogens is 243 g/mol. The van der Waals surface area contributed by atoms with Crippen LogP contribution in [0.5, 0.6) is 5.75 Å². The number of nitrogen functional groups attached to an aromatic ring is 1. The Bertz CT molecular complexity index is 507. The summed E-state index contributed by atoms with van der Waals surface area (Å²) in [5.41, 5.74) is 3.38. The normalized spacial score (nSPS) is 10.7. The number of halogens is 3. The Morgan fingerprint density at radius 1 is 1.59 bits per heavy atom. The molecule has 0 aromatic carbocycles. The quantitative estimate of drug-likeness (QED) is 0.810. The van der Waals surface area contributed by atoms with Crippen LogP contribution >= 0.6 is 0 Å². The second-order valence-electron chi connectivity index (χ2n) is 2.73. The minimum absolute atomic E-state index is 0.453. The third-order valence-corrected chi connectivity index (χ3v) is 1.55. The fraction of sp³-hybridized carbons (Fsp3) is 0.125. The molecular formula is C8H4F3N3O3. The molecule has 0 unspecified atom stereocenters. The van der Waals surface area contributed by atoms with E-state index >= 15 is 0 Å². The van der Waals surface area contributed by atoms with Gasteiger partial charge in [0.1, 0.15) is 17.5 Å².